The van der Waals surface area contributed by atoms with Crippen LogP contribution in [0.25, 0.3) is 0 Å². The Bertz CT molecular complexity index is 508. The highest BCUT2D eigenvalue weighted by atomic mass is 32.1. The first-order valence-electron chi connectivity index (χ1n) is 5.36. The Morgan fingerprint density at radius 3 is 2.76 bits per heavy atom. The summed E-state index contributed by atoms with van der Waals surface area (Å²) in [7, 11) is 0. The number of nitrogen functional groups attached to an aromatic ring is 1. The molecule has 0 fully saturated rings. The first kappa shape index (κ1) is 11.7. The van der Waals surface area contributed by atoms with E-state index >= 15 is 0 Å². The molecule has 1 amide bonds. The van der Waals surface area contributed by atoms with Crippen LogP contribution in [-0.2, 0) is 0 Å². The minimum Gasteiger partial charge on any atom is -0.398 e. The molecule has 17 heavy (non-hydrogen) atoms. The zero-order valence-corrected chi connectivity index (χ0v) is 10.3. The van der Waals surface area contributed by atoms with E-state index in [1.165, 1.54) is 11.3 Å². The summed E-state index contributed by atoms with van der Waals surface area (Å²) in [6.07, 6.45) is 0. The first-order valence-corrected chi connectivity index (χ1v) is 6.30. The molecule has 1 aromatic heterocycles. The van der Waals surface area contributed by atoms with Crippen molar-refractivity contribution < 1.29 is 4.79 Å². The number of anilines is 1. The molecule has 3 nitrogen and oxygen atoms in total. The van der Waals surface area contributed by atoms with Crippen molar-refractivity contribution >= 4 is 22.9 Å². The van der Waals surface area contributed by atoms with Gasteiger partial charge in [-0.15, -0.1) is 0 Å². The molecular formula is C13H14N2OS. The summed E-state index contributed by atoms with van der Waals surface area (Å²) in [5.41, 5.74) is 8.20. The van der Waals surface area contributed by atoms with E-state index in [0.717, 1.165) is 5.56 Å². The Balaban J connectivity index is 2.10. The number of rotatable bonds is 3. The predicted octanol–water partition coefficient (Wildman–Crippen LogP) is 2.82. The van der Waals surface area contributed by atoms with Gasteiger partial charge in [-0.25, -0.2) is 0 Å². The van der Waals surface area contributed by atoms with Gasteiger partial charge in [0.15, 0.2) is 0 Å². The van der Waals surface area contributed by atoms with Crippen LogP contribution in [0.5, 0.6) is 0 Å². The minimum atomic E-state index is -0.0939. The smallest absolute Gasteiger partial charge is 0.252 e. The summed E-state index contributed by atoms with van der Waals surface area (Å²) in [5.74, 6) is -0.0676. The second kappa shape index (κ2) is 5.01. The van der Waals surface area contributed by atoms with Crippen LogP contribution in [-0.4, -0.2) is 5.91 Å². The quantitative estimate of drug-likeness (QED) is 0.818. The van der Waals surface area contributed by atoms with Gasteiger partial charge in [-0.05, 0) is 30.0 Å². The molecule has 1 aromatic carbocycles. The van der Waals surface area contributed by atoms with Crippen molar-refractivity contribution in [3.8, 4) is 0 Å². The van der Waals surface area contributed by atoms with Crippen LogP contribution < -0.4 is 11.1 Å². The first-order chi connectivity index (χ1) is 8.18. The molecule has 0 saturated carbocycles. The second-order valence-corrected chi connectivity index (χ2v) is 4.62. The van der Waals surface area contributed by atoms with E-state index in [1.807, 2.05) is 41.9 Å². The number of nitrogens with one attached hydrogen (secondary N) is 1. The number of thiophene rings is 1. The third kappa shape index (κ3) is 2.65. The van der Waals surface area contributed by atoms with E-state index in [0.29, 0.717) is 11.3 Å². The number of carbonyl (C=O) groups excluding carboxylic acids is 1. The molecule has 3 N–H and O–H groups in total. The molecule has 0 aliphatic rings. The largest absolute Gasteiger partial charge is 0.398 e. The van der Waals surface area contributed by atoms with E-state index in [4.69, 9.17) is 5.73 Å². The Morgan fingerprint density at radius 2 is 2.12 bits per heavy atom. The van der Waals surface area contributed by atoms with Crippen molar-refractivity contribution in [1.29, 1.82) is 0 Å². The molecular weight excluding hydrogens is 232 g/mol. The number of nitrogens with two attached hydrogens (primary N) is 1. The van der Waals surface area contributed by atoms with Crippen LogP contribution in [0.15, 0.2) is 41.1 Å². The maximum absolute atomic E-state index is 11.9. The van der Waals surface area contributed by atoms with Crippen molar-refractivity contribution in [3.63, 3.8) is 0 Å². The molecule has 2 rings (SSSR count). The summed E-state index contributed by atoms with van der Waals surface area (Å²) in [4.78, 5) is 11.9. The lowest BCUT2D eigenvalue weighted by atomic mass is 10.1. The number of carbonyl (C=O) groups is 1. The molecule has 1 heterocycles. The van der Waals surface area contributed by atoms with E-state index in [1.54, 1.807) is 6.07 Å². The molecule has 0 aliphatic heterocycles. The van der Waals surface area contributed by atoms with Gasteiger partial charge in [0.2, 0.25) is 0 Å². The van der Waals surface area contributed by atoms with Crippen molar-refractivity contribution in [2.24, 2.45) is 0 Å². The summed E-state index contributed by atoms with van der Waals surface area (Å²) in [6, 6.07) is 9.27. The number of amides is 1. The van der Waals surface area contributed by atoms with Crippen molar-refractivity contribution in [1.82, 2.24) is 5.32 Å². The zero-order chi connectivity index (χ0) is 12.3. The summed E-state index contributed by atoms with van der Waals surface area (Å²) >= 11 is 1.51. The van der Waals surface area contributed by atoms with Crippen LogP contribution in [0.2, 0.25) is 0 Å². The van der Waals surface area contributed by atoms with Gasteiger partial charge in [0.1, 0.15) is 0 Å². The Kier molecular flexibility index (Phi) is 3.44. The van der Waals surface area contributed by atoms with Crippen LogP contribution in [0.1, 0.15) is 28.9 Å². The summed E-state index contributed by atoms with van der Waals surface area (Å²) in [5, 5.41) is 6.64. The number of hydrogen-bond acceptors (Lipinski definition) is 3. The topological polar surface area (TPSA) is 55.1 Å². The molecule has 1 unspecified atom stereocenters. The Morgan fingerprint density at radius 1 is 1.35 bits per heavy atom. The van der Waals surface area contributed by atoms with Gasteiger partial charge < -0.3 is 11.1 Å². The lowest BCUT2D eigenvalue weighted by molar-refractivity contribution is 0.0940. The maximum atomic E-state index is 11.9. The molecule has 1 atom stereocenters. The van der Waals surface area contributed by atoms with Crippen LogP contribution >= 0.6 is 11.3 Å². The molecule has 4 heteroatoms. The number of benzene rings is 1. The zero-order valence-electron chi connectivity index (χ0n) is 9.51. The van der Waals surface area contributed by atoms with Gasteiger partial charge in [0.05, 0.1) is 11.6 Å². The Hall–Kier alpha value is -1.81. The van der Waals surface area contributed by atoms with Gasteiger partial charge in [-0.3, -0.25) is 4.79 Å². The van der Waals surface area contributed by atoms with Gasteiger partial charge in [0, 0.05) is 11.1 Å². The molecule has 2 aromatic rings. The standard InChI is InChI=1S/C13H14N2OS/c1-9(11-4-2-3-5-12(11)14)15-13(16)10-6-7-17-8-10/h2-9H,14H2,1H3,(H,15,16). The number of para-hydroxylation sites is 1. The molecule has 0 radical (unpaired) electrons. The molecule has 88 valence electrons. The fourth-order valence-electron chi connectivity index (χ4n) is 1.66. The third-order valence-electron chi connectivity index (χ3n) is 2.59. The predicted molar refractivity (Wildman–Crippen MR) is 71.1 cm³/mol. The SMILES string of the molecule is CC(NC(=O)c1ccsc1)c1ccccc1N. The normalized spacial score (nSPS) is 12.1. The van der Waals surface area contributed by atoms with Crippen LogP contribution in [0, 0.1) is 0 Å². The fourth-order valence-corrected chi connectivity index (χ4v) is 2.29. The molecule has 0 aliphatic carbocycles. The van der Waals surface area contributed by atoms with Crippen molar-refractivity contribution in [2.75, 3.05) is 5.73 Å². The average molecular weight is 246 g/mol. The van der Waals surface area contributed by atoms with Crippen LogP contribution in [0.4, 0.5) is 5.69 Å². The average Bonchev–Trinajstić information content (AvgIpc) is 2.82. The van der Waals surface area contributed by atoms with Crippen molar-refractivity contribution in [3.05, 3.63) is 52.2 Å². The fraction of sp³-hybridized carbons (Fsp3) is 0.154. The van der Waals surface area contributed by atoms with Gasteiger partial charge in [-0.1, -0.05) is 18.2 Å². The highest BCUT2D eigenvalue weighted by Crippen LogP contribution is 2.20. The van der Waals surface area contributed by atoms with E-state index in [-0.39, 0.29) is 11.9 Å². The van der Waals surface area contributed by atoms with E-state index in [2.05, 4.69) is 5.32 Å². The molecule has 0 spiro atoms. The summed E-state index contributed by atoms with van der Waals surface area (Å²) < 4.78 is 0. The number of hydrogen-bond donors (Lipinski definition) is 2. The van der Waals surface area contributed by atoms with Gasteiger partial charge in [0.25, 0.3) is 5.91 Å². The van der Waals surface area contributed by atoms with E-state index in [9.17, 15) is 4.79 Å². The highest BCUT2D eigenvalue weighted by molar-refractivity contribution is 7.08. The lowest BCUT2D eigenvalue weighted by Crippen LogP contribution is -2.26. The minimum absolute atomic E-state index is 0.0676. The monoisotopic (exact) mass is 246 g/mol. The van der Waals surface area contributed by atoms with Gasteiger partial charge >= 0.3 is 0 Å². The van der Waals surface area contributed by atoms with E-state index < -0.39 is 0 Å². The summed E-state index contributed by atoms with van der Waals surface area (Å²) in [6.45, 7) is 1.93. The maximum Gasteiger partial charge on any atom is 0.252 e. The van der Waals surface area contributed by atoms with Gasteiger partial charge in [-0.2, -0.15) is 11.3 Å². The Labute approximate surface area is 104 Å². The third-order valence-corrected chi connectivity index (χ3v) is 3.28. The van der Waals surface area contributed by atoms with Crippen LogP contribution in [0.3, 0.4) is 0 Å². The van der Waals surface area contributed by atoms with Crippen molar-refractivity contribution in [2.45, 2.75) is 13.0 Å². The second-order valence-electron chi connectivity index (χ2n) is 3.84. The highest BCUT2D eigenvalue weighted by Gasteiger charge is 2.13. The molecule has 0 saturated heterocycles. The molecule has 0 bridgehead atoms. The lowest BCUT2D eigenvalue weighted by Gasteiger charge is -2.15.